The number of hydrogen-bond acceptors (Lipinski definition) is 5. The Labute approximate surface area is 123 Å². The van der Waals surface area contributed by atoms with Crippen LogP contribution in [0.15, 0.2) is 10.8 Å². The maximum absolute atomic E-state index is 5.80. The summed E-state index contributed by atoms with van der Waals surface area (Å²) in [6.07, 6.45) is 2.56. The van der Waals surface area contributed by atoms with Gasteiger partial charge in [-0.1, -0.05) is 6.92 Å². The van der Waals surface area contributed by atoms with Gasteiger partial charge in [0.05, 0.1) is 0 Å². The highest BCUT2D eigenvalue weighted by molar-refractivity contribution is 9.10. The molecule has 1 heterocycles. The fourth-order valence-electron chi connectivity index (χ4n) is 1.20. The molecule has 1 aromatic rings. The molecule has 0 saturated heterocycles. The van der Waals surface area contributed by atoms with E-state index in [-0.39, 0.29) is 5.54 Å². The van der Waals surface area contributed by atoms with Gasteiger partial charge in [0.15, 0.2) is 0 Å². The molecule has 0 radical (unpaired) electrons. The van der Waals surface area contributed by atoms with Crippen LogP contribution in [0.2, 0.25) is 0 Å². The molecule has 6 heteroatoms. The molecule has 1 N–H and O–H groups in total. The van der Waals surface area contributed by atoms with Crippen molar-refractivity contribution >= 4 is 21.7 Å². The summed E-state index contributed by atoms with van der Waals surface area (Å²) in [6, 6.07) is 0. The second-order valence-corrected chi connectivity index (χ2v) is 6.06. The number of rotatable bonds is 7. The summed E-state index contributed by atoms with van der Waals surface area (Å²) in [4.78, 5) is 10.5. The average molecular weight is 331 g/mol. The van der Waals surface area contributed by atoms with Gasteiger partial charge < -0.3 is 15.0 Å². The summed E-state index contributed by atoms with van der Waals surface area (Å²) in [5.41, 5.74) is -0.0542. The lowest BCUT2D eigenvalue weighted by atomic mass is 10.1. The Kier molecular flexibility index (Phi) is 6.00. The molecule has 0 aliphatic heterocycles. The molecule has 108 valence electrons. The van der Waals surface area contributed by atoms with Crippen molar-refractivity contribution in [1.29, 1.82) is 0 Å². The van der Waals surface area contributed by atoms with Crippen LogP contribution in [0.1, 0.15) is 27.2 Å². The van der Waals surface area contributed by atoms with Gasteiger partial charge in [0.25, 0.3) is 0 Å². The number of anilines is 1. The van der Waals surface area contributed by atoms with Crippen LogP contribution in [-0.4, -0.2) is 47.7 Å². The maximum Gasteiger partial charge on any atom is 0.233 e. The number of nitrogens with one attached hydrogen (secondary N) is 1. The second-order valence-electron chi connectivity index (χ2n) is 5.26. The topological polar surface area (TPSA) is 50.3 Å². The van der Waals surface area contributed by atoms with Crippen molar-refractivity contribution in [3.8, 4) is 5.88 Å². The fourth-order valence-corrected chi connectivity index (χ4v) is 1.65. The zero-order valence-corrected chi connectivity index (χ0v) is 13.9. The highest BCUT2D eigenvalue weighted by Gasteiger charge is 2.22. The third-order valence-corrected chi connectivity index (χ3v) is 3.79. The van der Waals surface area contributed by atoms with E-state index in [0.717, 1.165) is 23.3 Å². The van der Waals surface area contributed by atoms with Gasteiger partial charge in [0.2, 0.25) is 5.88 Å². The number of ether oxygens (including phenoxy) is 1. The van der Waals surface area contributed by atoms with Gasteiger partial charge in [0.1, 0.15) is 23.2 Å². The highest BCUT2D eigenvalue weighted by Crippen LogP contribution is 2.29. The summed E-state index contributed by atoms with van der Waals surface area (Å²) in [5, 5.41) is 3.23. The minimum absolute atomic E-state index is 0.0542. The van der Waals surface area contributed by atoms with Crippen LogP contribution in [0.25, 0.3) is 0 Å². The smallest absolute Gasteiger partial charge is 0.233 e. The minimum Gasteiger partial charge on any atom is -0.475 e. The molecule has 0 amide bonds. The SMILES string of the molecule is CCCNc1ncnc(OCC(C)(C)N(C)C)c1Br. The molecule has 0 aliphatic carbocycles. The Bertz CT molecular complexity index is 410. The average Bonchev–Trinajstić information content (AvgIpc) is 2.36. The first-order valence-electron chi connectivity index (χ1n) is 6.43. The quantitative estimate of drug-likeness (QED) is 0.833. The summed E-state index contributed by atoms with van der Waals surface area (Å²) in [5.74, 6) is 1.35. The first-order valence-corrected chi connectivity index (χ1v) is 7.22. The number of aromatic nitrogens is 2. The molecule has 0 aliphatic rings. The van der Waals surface area contributed by atoms with E-state index < -0.39 is 0 Å². The van der Waals surface area contributed by atoms with Crippen molar-refractivity contribution in [3.63, 3.8) is 0 Å². The molecule has 5 nitrogen and oxygen atoms in total. The van der Waals surface area contributed by atoms with Crippen LogP contribution in [-0.2, 0) is 0 Å². The largest absolute Gasteiger partial charge is 0.475 e. The molecule has 0 bridgehead atoms. The molecule has 0 spiro atoms. The van der Waals surface area contributed by atoms with Gasteiger partial charge in [0, 0.05) is 12.1 Å². The van der Waals surface area contributed by atoms with Crippen LogP contribution in [0.3, 0.4) is 0 Å². The highest BCUT2D eigenvalue weighted by atomic mass is 79.9. The lowest BCUT2D eigenvalue weighted by molar-refractivity contribution is 0.110. The molecule has 1 rings (SSSR count). The first kappa shape index (κ1) is 16.2. The van der Waals surface area contributed by atoms with Gasteiger partial charge >= 0.3 is 0 Å². The predicted octanol–water partition coefficient (Wildman–Crippen LogP) is 2.78. The second kappa shape index (κ2) is 7.05. The first-order chi connectivity index (χ1) is 8.88. The lowest BCUT2D eigenvalue weighted by Gasteiger charge is -2.32. The molecule has 19 heavy (non-hydrogen) atoms. The van der Waals surface area contributed by atoms with Gasteiger partial charge in [-0.2, -0.15) is 0 Å². The standard InChI is InChI=1S/C13H23BrN4O/c1-6-7-15-11-10(14)12(17-9-16-11)19-8-13(2,3)18(4)5/h9H,6-8H2,1-5H3,(H,15,16,17). The number of nitrogens with zero attached hydrogens (tertiary/aromatic N) is 3. The van der Waals surface area contributed by atoms with Crippen molar-refractivity contribution in [1.82, 2.24) is 14.9 Å². The van der Waals surface area contributed by atoms with Crippen LogP contribution >= 0.6 is 15.9 Å². The molecule has 0 atom stereocenters. The molecule has 0 saturated carbocycles. The fraction of sp³-hybridized carbons (Fsp3) is 0.692. The molecular formula is C13H23BrN4O. The van der Waals surface area contributed by atoms with E-state index in [0.29, 0.717) is 12.5 Å². The number of halogens is 1. The van der Waals surface area contributed by atoms with Crippen LogP contribution < -0.4 is 10.1 Å². The van der Waals surface area contributed by atoms with Gasteiger partial charge in [-0.25, -0.2) is 9.97 Å². The van der Waals surface area contributed by atoms with E-state index in [1.807, 2.05) is 14.1 Å². The normalized spacial score (nSPS) is 11.7. The molecule has 1 aromatic heterocycles. The Morgan fingerprint density at radius 2 is 2.05 bits per heavy atom. The number of likely N-dealkylation sites (N-methyl/N-ethyl adjacent to an activating group) is 1. The van der Waals surface area contributed by atoms with Crippen molar-refractivity contribution in [3.05, 3.63) is 10.8 Å². The third-order valence-electron chi connectivity index (χ3n) is 3.07. The summed E-state index contributed by atoms with van der Waals surface area (Å²) >= 11 is 3.49. The zero-order chi connectivity index (χ0) is 14.5. The minimum atomic E-state index is -0.0542. The van der Waals surface area contributed by atoms with Crippen LogP contribution in [0.5, 0.6) is 5.88 Å². The summed E-state index contributed by atoms with van der Waals surface area (Å²) < 4.78 is 6.58. The third kappa shape index (κ3) is 4.62. The van der Waals surface area contributed by atoms with E-state index in [4.69, 9.17) is 4.74 Å². The molecule has 0 unspecified atom stereocenters. The van der Waals surface area contributed by atoms with Gasteiger partial charge in [-0.05, 0) is 50.3 Å². The summed E-state index contributed by atoms with van der Waals surface area (Å²) in [7, 11) is 4.07. The molecule has 0 fully saturated rings. The van der Waals surface area contributed by atoms with Crippen LogP contribution in [0.4, 0.5) is 5.82 Å². The van der Waals surface area contributed by atoms with Crippen molar-refractivity contribution in [2.75, 3.05) is 32.6 Å². The van der Waals surface area contributed by atoms with E-state index in [1.165, 1.54) is 6.33 Å². The van der Waals surface area contributed by atoms with Crippen molar-refractivity contribution in [2.45, 2.75) is 32.7 Å². The van der Waals surface area contributed by atoms with E-state index in [2.05, 4.69) is 56.9 Å². The molecule has 0 aromatic carbocycles. The van der Waals surface area contributed by atoms with Gasteiger partial charge in [-0.15, -0.1) is 0 Å². The van der Waals surface area contributed by atoms with Crippen LogP contribution in [0, 0.1) is 0 Å². The Hall–Kier alpha value is -0.880. The van der Waals surface area contributed by atoms with E-state index in [1.54, 1.807) is 0 Å². The Morgan fingerprint density at radius 1 is 1.37 bits per heavy atom. The Morgan fingerprint density at radius 3 is 2.63 bits per heavy atom. The van der Waals surface area contributed by atoms with Crippen molar-refractivity contribution in [2.24, 2.45) is 0 Å². The number of hydrogen-bond donors (Lipinski definition) is 1. The molecular weight excluding hydrogens is 308 g/mol. The van der Waals surface area contributed by atoms with Gasteiger partial charge in [-0.3, -0.25) is 0 Å². The van der Waals surface area contributed by atoms with Crippen molar-refractivity contribution < 1.29 is 4.74 Å². The zero-order valence-electron chi connectivity index (χ0n) is 12.3. The van der Waals surface area contributed by atoms with E-state index >= 15 is 0 Å². The summed E-state index contributed by atoms with van der Waals surface area (Å²) in [6.45, 7) is 7.79. The predicted molar refractivity (Wildman–Crippen MR) is 81.8 cm³/mol. The monoisotopic (exact) mass is 330 g/mol. The lowest BCUT2D eigenvalue weighted by Crippen LogP contribution is -2.43. The maximum atomic E-state index is 5.80. The van der Waals surface area contributed by atoms with E-state index in [9.17, 15) is 0 Å². The Balaban J connectivity index is 2.74.